The standard InChI is InChI=1S/C15H28N4O3/c1-10(2)13-8-16-4-5-19(13)15(22)14(21)17-7-11-6-12(20)9-18(11)3/h10-13,16,20H,4-9H2,1-3H3,(H,17,21). The van der Waals surface area contributed by atoms with Gasteiger partial charge in [0.25, 0.3) is 0 Å². The van der Waals surface area contributed by atoms with E-state index in [4.69, 9.17) is 0 Å². The van der Waals surface area contributed by atoms with E-state index in [1.54, 1.807) is 4.90 Å². The van der Waals surface area contributed by atoms with Gasteiger partial charge in [0, 0.05) is 44.8 Å². The predicted molar refractivity (Wildman–Crippen MR) is 83.3 cm³/mol. The van der Waals surface area contributed by atoms with Crippen molar-refractivity contribution in [2.75, 3.05) is 39.8 Å². The summed E-state index contributed by atoms with van der Waals surface area (Å²) >= 11 is 0. The van der Waals surface area contributed by atoms with Gasteiger partial charge in [-0.1, -0.05) is 13.8 Å². The summed E-state index contributed by atoms with van der Waals surface area (Å²) in [6.07, 6.45) is 0.286. The van der Waals surface area contributed by atoms with Gasteiger partial charge >= 0.3 is 11.8 Å². The van der Waals surface area contributed by atoms with E-state index in [2.05, 4.69) is 24.5 Å². The molecule has 2 rings (SSSR count). The zero-order valence-electron chi connectivity index (χ0n) is 13.7. The van der Waals surface area contributed by atoms with E-state index in [9.17, 15) is 14.7 Å². The minimum atomic E-state index is -0.540. The Morgan fingerprint density at radius 2 is 2.14 bits per heavy atom. The van der Waals surface area contributed by atoms with Crippen molar-refractivity contribution in [3.63, 3.8) is 0 Å². The summed E-state index contributed by atoms with van der Waals surface area (Å²) in [6.45, 7) is 7.15. The maximum atomic E-state index is 12.4. The molecule has 0 aromatic heterocycles. The molecule has 7 nitrogen and oxygen atoms in total. The predicted octanol–water partition coefficient (Wildman–Crippen LogP) is -1.38. The molecule has 3 N–H and O–H groups in total. The molecule has 2 aliphatic rings. The zero-order valence-corrected chi connectivity index (χ0v) is 13.7. The highest BCUT2D eigenvalue weighted by molar-refractivity contribution is 6.35. The molecule has 0 aromatic rings. The van der Waals surface area contributed by atoms with Gasteiger partial charge in [-0.15, -0.1) is 0 Å². The van der Waals surface area contributed by atoms with Crippen LogP contribution in [-0.4, -0.2) is 84.7 Å². The zero-order chi connectivity index (χ0) is 16.3. The van der Waals surface area contributed by atoms with Crippen LogP contribution in [-0.2, 0) is 9.59 Å². The fourth-order valence-corrected chi connectivity index (χ4v) is 3.28. The molecule has 2 fully saturated rings. The Morgan fingerprint density at radius 3 is 2.73 bits per heavy atom. The van der Waals surface area contributed by atoms with Gasteiger partial charge in [0.15, 0.2) is 0 Å². The second kappa shape index (κ2) is 7.39. The van der Waals surface area contributed by atoms with E-state index in [-0.39, 0.29) is 18.2 Å². The Balaban J connectivity index is 1.87. The summed E-state index contributed by atoms with van der Waals surface area (Å²) in [5.41, 5.74) is 0. The highest BCUT2D eigenvalue weighted by atomic mass is 16.3. The van der Waals surface area contributed by atoms with Crippen LogP contribution in [0.1, 0.15) is 20.3 Å². The number of carbonyl (C=O) groups excluding carboxylic acids is 2. The monoisotopic (exact) mass is 312 g/mol. The number of hydrogen-bond donors (Lipinski definition) is 3. The number of aliphatic hydroxyl groups is 1. The lowest BCUT2D eigenvalue weighted by atomic mass is 10.0. The SMILES string of the molecule is CC(C)C1CNCCN1C(=O)C(=O)NCC1CC(O)CN1C. The van der Waals surface area contributed by atoms with Crippen molar-refractivity contribution < 1.29 is 14.7 Å². The minimum Gasteiger partial charge on any atom is -0.392 e. The summed E-state index contributed by atoms with van der Waals surface area (Å²) in [7, 11) is 1.92. The number of likely N-dealkylation sites (N-methyl/N-ethyl adjacent to an activating group) is 1. The molecule has 2 heterocycles. The van der Waals surface area contributed by atoms with Gasteiger partial charge in [-0.25, -0.2) is 0 Å². The van der Waals surface area contributed by atoms with Crippen LogP contribution in [0.25, 0.3) is 0 Å². The van der Waals surface area contributed by atoms with Gasteiger partial charge < -0.3 is 20.6 Å². The van der Waals surface area contributed by atoms with Gasteiger partial charge in [0.05, 0.1) is 6.10 Å². The molecular weight excluding hydrogens is 284 g/mol. The Labute approximate surface area is 132 Å². The molecule has 3 atom stereocenters. The highest BCUT2D eigenvalue weighted by Gasteiger charge is 2.33. The molecule has 0 bridgehead atoms. The molecule has 126 valence electrons. The van der Waals surface area contributed by atoms with Gasteiger partial charge in [-0.2, -0.15) is 0 Å². The van der Waals surface area contributed by atoms with Crippen LogP contribution in [0, 0.1) is 5.92 Å². The van der Waals surface area contributed by atoms with Crippen LogP contribution in [0.15, 0.2) is 0 Å². The maximum absolute atomic E-state index is 12.4. The summed E-state index contributed by atoms with van der Waals surface area (Å²) in [4.78, 5) is 28.2. The molecule has 0 saturated carbocycles. The normalized spacial score (nSPS) is 29.9. The highest BCUT2D eigenvalue weighted by Crippen LogP contribution is 2.15. The average molecular weight is 312 g/mol. The van der Waals surface area contributed by atoms with Crippen molar-refractivity contribution in [3.8, 4) is 0 Å². The largest absolute Gasteiger partial charge is 0.392 e. The van der Waals surface area contributed by atoms with Gasteiger partial charge in [0.2, 0.25) is 0 Å². The molecule has 0 aliphatic carbocycles. The smallest absolute Gasteiger partial charge is 0.312 e. The van der Waals surface area contributed by atoms with Crippen molar-refractivity contribution >= 4 is 11.8 Å². The lowest BCUT2D eigenvalue weighted by Gasteiger charge is -2.38. The number of rotatable bonds is 3. The van der Waals surface area contributed by atoms with Crippen LogP contribution in [0.5, 0.6) is 0 Å². The first kappa shape index (κ1) is 17.2. The number of amides is 2. The van der Waals surface area contributed by atoms with E-state index in [1.165, 1.54) is 0 Å². The number of hydrogen-bond acceptors (Lipinski definition) is 5. The van der Waals surface area contributed by atoms with Gasteiger partial charge in [-0.3, -0.25) is 14.5 Å². The maximum Gasteiger partial charge on any atom is 0.312 e. The molecular formula is C15H28N4O3. The molecule has 0 aromatic carbocycles. The summed E-state index contributed by atoms with van der Waals surface area (Å²) < 4.78 is 0. The number of aliphatic hydroxyl groups excluding tert-OH is 1. The molecule has 2 aliphatic heterocycles. The average Bonchev–Trinajstić information content (AvgIpc) is 2.81. The minimum absolute atomic E-state index is 0.0583. The Hall–Kier alpha value is -1.18. The summed E-state index contributed by atoms with van der Waals surface area (Å²) in [6, 6.07) is 0.152. The van der Waals surface area contributed by atoms with Crippen molar-refractivity contribution in [1.82, 2.24) is 20.4 Å². The fraction of sp³-hybridized carbons (Fsp3) is 0.867. The number of carbonyl (C=O) groups is 2. The number of piperazine rings is 1. The third kappa shape index (κ3) is 3.97. The first-order valence-corrected chi connectivity index (χ1v) is 8.08. The Morgan fingerprint density at radius 1 is 1.41 bits per heavy atom. The second-order valence-electron chi connectivity index (χ2n) is 6.71. The molecule has 7 heteroatoms. The molecule has 22 heavy (non-hydrogen) atoms. The number of β-amino-alcohol motifs (C(OH)–C–C–N with tert-alkyl or cyclic N) is 1. The van der Waals surface area contributed by atoms with Crippen molar-refractivity contribution in [1.29, 1.82) is 0 Å². The lowest BCUT2D eigenvalue weighted by molar-refractivity contribution is -0.148. The lowest BCUT2D eigenvalue weighted by Crippen LogP contribution is -2.59. The summed E-state index contributed by atoms with van der Waals surface area (Å²) in [5.74, 6) is -0.676. The van der Waals surface area contributed by atoms with Gasteiger partial charge in [0.1, 0.15) is 0 Å². The molecule has 0 spiro atoms. The third-order valence-corrected chi connectivity index (χ3v) is 4.67. The first-order valence-electron chi connectivity index (χ1n) is 8.08. The van der Waals surface area contributed by atoms with Crippen LogP contribution in [0.4, 0.5) is 0 Å². The van der Waals surface area contributed by atoms with Crippen LogP contribution in [0.2, 0.25) is 0 Å². The second-order valence-corrected chi connectivity index (χ2v) is 6.71. The van der Waals surface area contributed by atoms with E-state index in [1.807, 2.05) is 11.9 Å². The van der Waals surface area contributed by atoms with Crippen molar-refractivity contribution in [3.05, 3.63) is 0 Å². The van der Waals surface area contributed by atoms with Gasteiger partial charge in [-0.05, 0) is 19.4 Å². The van der Waals surface area contributed by atoms with Crippen LogP contribution >= 0.6 is 0 Å². The Kier molecular flexibility index (Phi) is 5.77. The number of nitrogens with one attached hydrogen (secondary N) is 2. The number of likely N-dealkylation sites (tertiary alicyclic amines) is 1. The van der Waals surface area contributed by atoms with Crippen molar-refractivity contribution in [2.24, 2.45) is 5.92 Å². The first-order chi connectivity index (χ1) is 10.4. The van der Waals surface area contributed by atoms with E-state index in [0.29, 0.717) is 32.0 Å². The topological polar surface area (TPSA) is 84.9 Å². The van der Waals surface area contributed by atoms with E-state index >= 15 is 0 Å². The third-order valence-electron chi connectivity index (χ3n) is 4.67. The molecule has 2 amide bonds. The van der Waals surface area contributed by atoms with Crippen LogP contribution < -0.4 is 10.6 Å². The molecule has 0 radical (unpaired) electrons. The molecule has 3 unspecified atom stereocenters. The van der Waals surface area contributed by atoms with Crippen molar-refractivity contribution in [2.45, 2.75) is 38.5 Å². The quantitative estimate of drug-likeness (QED) is 0.560. The Bertz CT molecular complexity index is 416. The number of nitrogens with zero attached hydrogens (tertiary/aromatic N) is 2. The summed E-state index contributed by atoms with van der Waals surface area (Å²) in [5, 5.41) is 15.6. The molecule has 2 saturated heterocycles. The fourth-order valence-electron chi connectivity index (χ4n) is 3.28. The van der Waals surface area contributed by atoms with E-state index < -0.39 is 11.8 Å². The van der Waals surface area contributed by atoms with Crippen LogP contribution in [0.3, 0.4) is 0 Å². The van der Waals surface area contributed by atoms with E-state index in [0.717, 1.165) is 13.1 Å².